The van der Waals surface area contributed by atoms with Crippen LogP contribution in [-0.2, 0) is 0 Å². The highest BCUT2D eigenvalue weighted by Crippen LogP contribution is 2.19. The van der Waals surface area contributed by atoms with E-state index in [1.165, 1.54) is 68.9 Å². The highest BCUT2D eigenvalue weighted by Gasteiger charge is 2.05. The van der Waals surface area contributed by atoms with E-state index in [4.69, 9.17) is 5.73 Å². The van der Waals surface area contributed by atoms with Gasteiger partial charge in [0.15, 0.2) is 0 Å². The summed E-state index contributed by atoms with van der Waals surface area (Å²) >= 11 is 0. The van der Waals surface area contributed by atoms with Crippen molar-refractivity contribution in [3.63, 3.8) is 0 Å². The maximum Gasteiger partial charge on any atom is 0.0294 e. The number of rotatable bonds is 11. The van der Waals surface area contributed by atoms with Gasteiger partial charge in [-0.2, -0.15) is 0 Å². The molecule has 0 aliphatic carbocycles. The summed E-state index contributed by atoms with van der Waals surface area (Å²) in [5, 5.41) is 0. The Kier molecular flexibility index (Phi) is 9.40. The Bertz CT molecular complexity index is 345. The summed E-state index contributed by atoms with van der Waals surface area (Å²) in [5.74, 6) is 0. The van der Waals surface area contributed by atoms with E-state index in [-0.39, 0.29) is 6.04 Å². The van der Waals surface area contributed by atoms with Gasteiger partial charge >= 0.3 is 0 Å². The van der Waals surface area contributed by atoms with Gasteiger partial charge < -0.3 is 5.73 Å². The van der Waals surface area contributed by atoms with Crippen LogP contribution in [0.5, 0.6) is 0 Å². The van der Waals surface area contributed by atoms with E-state index >= 15 is 0 Å². The fourth-order valence-electron chi connectivity index (χ4n) is 2.74. The maximum absolute atomic E-state index is 6.26. The van der Waals surface area contributed by atoms with Gasteiger partial charge in [0.1, 0.15) is 0 Å². The number of unbranched alkanes of at least 4 members (excludes halogenated alkanes) is 8. The summed E-state index contributed by atoms with van der Waals surface area (Å²) in [7, 11) is 0. The second-order valence-corrected chi connectivity index (χ2v) is 6.14. The molecule has 1 unspecified atom stereocenters. The van der Waals surface area contributed by atoms with E-state index < -0.39 is 0 Å². The Morgan fingerprint density at radius 3 is 2.10 bits per heavy atom. The van der Waals surface area contributed by atoms with Crippen LogP contribution in [0.2, 0.25) is 0 Å². The summed E-state index contributed by atoms with van der Waals surface area (Å²) in [6, 6.07) is 8.85. The van der Waals surface area contributed by atoms with Crippen LogP contribution in [0.3, 0.4) is 0 Å². The zero-order valence-corrected chi connectivity index (χ0v) is 13.5. The van der Waals surface area contributed by atoms with Gasteiger partial charge in [-0.15, -0.1) is 0 Å². The Morgan fingerprint density at radius 1 is 0.900 bits per heavy atom. The summed E-state index contributed by atoms with van der Waals surface area (Å²) in [6.07, 6.45) is 13.5. The Hall–Kier alpha value is -0.820. The second kappa shape index (κ2) is 10.9. The fourth-order valence-corrected chi connectivity index (χ4v) is 2.74. The molecule has 114 valence electrons. The molecule has 1 atom stereocenters. The lowest BCUT2D eigenvalue weighted by Gasteiger charge is -2.12. The lowest BCUT2D eigenvalue weighted by atomic mass is 9.99. The molecule has 1 aromatic carbocycles. The van der Waals surface area contributed by atoms with Crippen molar-refractivity contribution in [1.82, 2.24) is 0 Å². The van der Waals surface area contributed by atoms with Gasteiger partial charge in [0.25, 0.3) is 0 Å². The highest BCUT2D eigenvalue weighted by molar-refractivity contribution is 5.24. The minimum Gasteiger partial charge on any atom is -0.324 e. The van der Waals surface area contributed by atoms with Crippen LogP contribution in [-0.4, -0.2) is 0 Å². The summed E-state index contributed by atoms with van der Waals surface area (Å²) in [4.78, 5) is 0. The van der Waals surface area contributed by atoms with Crippen LogP contribution in [0.25, 0.3) is 0 Å². The van der Waals surface area contributed by atoms with E-state index in [2.05, 4.69) is 38.1 Å². The third kappa shape index (κ3) is 7.69. The lowest BCUT2D eigenvalue weighted by molar-refractivity contribution is 0.532. The number of aryl methyl sites for hydroxylation is 1. The first-order valence-corrected chi connectivity index (χ1v) is 8.56. The Labute approximate surface area is 126 Å². The van der Waals surface area contributed by atoms with Gasteiger partial charge in [-0.3, -0.25) is 0 Å². The monoisotopic (exact) mass is 275 g/mol. The minimum absolute atomic E-state index is 0.222. The van der Waals surface area contributed by atoms with Crippen molar-refractivity contribution >= 4 is 0 Å². The molecule has 1 aromatic rings. The van der Waals surface area contributed by atoms with E-state index in [1.807, 2.05) is 0 Å². The Morgan fingerprint density at radius 2 is 1.50 bits per heavy atom. The first-order valence-electron chi connectivity index (χ1n) is 8.56. The molecule has 0 amide bonds. The number of hydrogen-bond acceptors (Lipinski definition) is 1. The van der Waals surface area contributed by atoms with Crippen molar-refractivity contribution in [3.8, 4) is 0 Å². The van der Waals surface area contributed by atoms with Crippen LogP contribution in [0.15, 0.2) is 24.3 Å². The van der Waals surface area contributed by atoms with Gasteiger partial charge in [0, 0.05) is 6.04 Å². The molecule has 2 N–H and O–H groups in total. The van der Waals surface area contributed by atoms with Crippen molar-refractivity contribution in [2.45, 2.75) is 84.1 Å². The molecule has 0 aliphatic rings. The Balaban J connectivity index is 2.01. The first kappa shape index (κ1) is 17.2. The SMILES string of the molecule is CCCCCCCCCCCC(N)c1cccc(C)c1. The van der Waals surface area contributed by atoms with E-state index in [0.717, 1.165) is 6.42 Å². The summed E-state index contributed by atoms with van der Waals surface area (Å²) in [5.41, 5.74) is 8.87. The van der Waals surface area contributed by atoms with Crippen molar-refractivity contribution in [2.75, 3.05) is 0 Å². The molecule has 0 saturated heterocycles. The van der Waals surface area contributed by atoms with Crippen LogP contribution in [0.4, 0.5) is 0 Å². The second-order valence-electron chi connectivity index (χ2n) is 6.14. The lowest BCUT2D eigenvalue weighted by Crippen LogP contribution is -2.10. The van der Waals surface area contributed by atoms with Gasteiger partial charge in [0.05, 0.1) is 0 Å². The molecule has 1 nitrogen and oxygen atoms in total. The van der Waals surface area contributed by atoms with Crippen LogP contribution >= 0.6 is 0 Å². The van der Waals surface area contributed by atoms with Crippen LogP contribution in [0.1, 0.15) is 88.3 Å². The zero-order chi connectivity index (χ0) is 14.6. The third-order valence-electron chi connectivity index (χ3n) is 4.09. The number of nitrogens with two attached hydrogens (primary N) is 1. The standard InChI is InChI=1S/C19H33N/c1-3-4-5-6-7-8-9-10-11-15-19(20)18-14-12-13-17(2)16-18/h12-14,16,19H,3-11,15,20H2,1-2H3. The van der Waals surface area contributed by atoms with Gasteiger partial charge in [-0.1, -0.05) is 94.5 Å². The smallest absolute Gasteiger partial charge is 0.0294 e. The molecule has 0 radical (unpaired) electrons. The molecule has 0 spiro atoms. The van der Waals surface area contributed by atoms with Crippen molar-refractivity contribution in [1.29, 1.82) is 0 Å². The quantitative estimate of drug-likeness (QED) is 0.499. The average molecular weight is 275 g/mol. The maximum atomic E-state index is 6.26. The van der Waals surface area contributed by atoms with Gasteiger partial charge in [-0.25, -0.2) is 0 Å². The predicted molar refractivity (Wildman–Crippen MR) is 90.0 cm³/mol. The van der Waals surface area contributed by atoms with E-state index in [0.29, 0.717) is 0 Å². The molecule has 1 heteroatoms. The van der Waals surface area contributed by atoms with Crippen molar-refractivity contribution in [2.24, 2.45) is 5.73 Å². The van der Waals surface area contributed by atoms with Crippen LogP contribution in [0, 0.1) is 6.92 Å². The molecule has 0 aromatic heterocycles. The largest absolute Gasteiger partial charge is 0.324 e. The van der Waals surface area contributed by atoms with Crippen molar-refractivity contribution < 1.29 is 0 Å². The molecule has 0 saturated carbocycles. The zero-order valence-electron chi connectivity index (χ0n) is 13.5. The number of hydrogen-bond donors (Lipinski definition) is 1. The average Bonchev–Trinajstić information content (AvgIpc) is 2.45. The molecule has 0 bridgehead atoms. The predicted octanol–water partition coefficient (Wildman–Crippen LogP) is 5.92. The molecule has 20 heavy (non-hydrogen) atoms. The van der Waals surface area contributed by atoms with E-state index in [1.54, 1.807) is 0 Å². The highest BCUT2D eigenvalue weighted by atomic mass is 14.6. The molecule has 1 rings (SSSR count). The molecular weight excluding hydrogens is 242 g/mol. The number of benzene rings is 1. The normalized spacial score (nSPS) is 12.6. The van der Waals surface area contributed by atoms with E-state index in [9.17, 15) is 0 Å². The van der Waals surface area contributed by atoms with Crippen molar-refractivity contribution in [3.05, 3.63) is 35.4 Å². The van der Waals surface area contributed by atoms with Gasteiger partial charge in [-0.05, 0) is 18.9 Å². The molecular formula is C19H33N. The molecule has 0 fully saturated rings. The molecule has 0 heterocycles. The first-order chi connectivity index (χ1) is 9.74. The van der Waals surface area contributed by atoms with Gasteiger partial charge in [0.2, 0.25) is 0 Å². The topological polar surface area (TPSA) is 26.0 Å². The minimum atomic E-state index is 0.222. The summed E-state index contributed by atoms with van der Waals surface area (Å²) < 4.78 is 0. The molecule has 0 aliphatic heterocycles. The third-order valence-corrected chi connectivity index (χ3v) is 4.09. The van der Waals surface area contributed by atoms with Crippen LogP contribution < -0.4 is 5.73 Å². The fraction of sp³-hybridized carbons (Fsp3) is 0.684. The summed E-state index contributed by atoms with van der Waals surface area (Å²) in [6.45, 7) is 4.41.